The van der Waals surface area contributed by atoms with Crippen LogP contribution in [0.2, 0.25) is 0 Å². The molecular weight excluding hydrogens is 276 g/mol. The average Bonchev–Trinajstić information content (AvgIpc) is 2.42. The van der Waals surface area contributed by atoms with Crippen LogP contribution < -0.4 is 10.4 Å². The molecule has 21 heavy (non-hydrogen) atoms. The van der Waals surface area contributed by atoms with Crippen LogP contribution in [0.3, 0.4) is 0 Å². The third-order valence-electron chi connectivity index (χ3n) is 3.52. The molecule has 6 heteroatoms. The van der Waals surface area contributed by atoms with E-state index in [0.29, 0.717) is 11.3 Å². The third-order valence-corrected chi connectivity index (χ3v) is 3.52. The van der Waals surface area contributed by atoms with E-state index in [-0.39, 0.29) is 13.0 Å². The van der Waals surface area contributed by atoms with Crippen molar-refractivity contribution in [1.82, 2.24) is 0 Å². The van der Waals surface area contributed by atoms with Gasteiger partial charge in [-0.3, -0.25) is 0 Å². The molecule has 0 bridgehead atoms. The van der Waals surface area contributed by atoms with E-state index in [1.54, 1.807) is 18.2 Å². The highest BCUT2D eigenvalue weighted by Crippen LogP contribution is 2.25. The highest BCUT2D eigenvalue weighted by atomic mass is 16.7. The van der Waals surface area contributed by atoms with Gasteiger partial charge in [0.25, 0.3) is 0 Å². The van der Waals surface area contributed by atoms with Crippen LogP contribution in [0.1, 0.15) is 12.0 Å². The molecule has 2 N–H and O–H groups in total. The molecule has 1 aromatic heterocycles. The number of ether oxygens (including phenoxy) is 2. The maximum atomic E-state index is 11.4. The highest BCUT2D eigenvalue weighted by Gasteiger charge is 2.29. The average molecular weight is 292 g/mol. The van der Waals surface area contributed by atoms with E-state index < -0.39 is 24.1 Å². The third kappa shape index (κ3) is 2.92. The van der Waals surface area contributed by atoms with Crippen LogP contribution in [-0.4, -0.2) is 35.3 Å². The number of benzene rings is 1. The summed E-state index contributed by atoms with van der Waals surface area (Å²) in [4.78, 5) is 11.4. The smallest absolute Gasteiger partial charge is 0.336 e. The molecule has 0 spiro atoms. The number of fused-ring (bicyclic) bond motifs is 1. The highest BCUT2D eigenvalue weighted by molar-refractivity contribution is 5.81. The van der Waals surface area contributed by atoms with Crippen molar-refractivity contribution in [1.29, 1.82) is 0 Å². The molecule has 6 nitrogen and oxygen atoms in total. The maximum absolute atomic E-state index is 11.4. The Labute approximate surface area is 120 Å². The fraction of sp³-hybridized carbons (Fsp3) is 0.400. The molecule has 1 saturated heterocycles. The Kier molecular flexibility index (Phi) is 3.67. The Morgan fingerprint density at radius 3 is 2.81 bits per heavy atom. The van der Waals surface area contributed by atoms with Gasteiger partial charge in [0, 0.05) is 23.9 Å². The van der Waals surface area contributed by atoms with Gasteiger partial charge in [0.1, 0.15) is 17.4 Å². The van der Waals surface area contributed by atoms with E-state index in [1.165, 1.54) is 6.07 Å². The molecule has 0 amide bonds. The van der Waals surface area contributed by atoms with E-state index in [4.69, 9.17) is 13.9 Å². The van der Waals surface area contributed by atoms with Crippen molar-refractivity contribution in [2.45, 2.75) is 31.8 Å². The summed E-state index contributed by atoms with van der Waals surface area (Å²) in [5, 5.41) is 19.8. The van der Waals surface area contributed by atoms with Crippen LogP contribution in [0.25, 0.3) is 11.0 Å². The quantitative estimate of drug-likeness (QED) is 0.801. The fourth-order valence-corrected chi connectivity index (χ4v) is 2.35. The van der Waals surface area contributed by atoms with E-state index in [1.807, 2.05) is 6.92 Å². The topological polar surface area (TPSA) is 89.1 Å². The number of aliphatic hydroxyl groups excluding tert-OH is 2. The number of aliphatic hydroxyl groups is 2. The second-order valence-corrected chi connectivity index (χ2v) is 5.16. The molecule has 3 atom stereocenters. The molecule has 0 aliphatic carbocycles. The zero-order chi connectivity index (χ0) is 15.0. The molecule has 2 heterocycles. The maximum Gasteiger partial charge on any atom is 0.336 e. The van der Waals surface area contributed by atoms with Crippen molar-refractivity contribution in [3.05, 3.63) is 40.2 Å². The molecular formula is C15H16O6. The van der Waals surface area contributed by atoms with Gasteiger partial charge in [-0.05, 0) is 24.6 Å². The Hall–Kier alpha value is -1.89. The lowest BCUT2D eigenvalue weighted by molar-refractivity contribution is -0.182. The lowest BCUT2D eigenvalue weighted by atomic mass is 10.1. The molecule has 1 aliphatic rings. The van der Waals surface area contributed by atoms with E-state index >= 15 is 0 Å². The number of rotatable bonds is 2. The molecule has 0 saturated carbocycles. The van der Waals surface area contributed by atoms with Crippen LogP contribution in [0.5, 0.6) is 5.75 Å². The van der Waals surface area contributed by atoms with Crippen LogP contribution in [0.15, 0.2) is 33.5 Å². The first-order valence-corrected chi connectivity index (χ1v) is 6.72. The van der Waals surface area contributed by atoms with Gasteiger partial charge < -0.3 is 24.1 Å². The van der Waals surface area contributed by atoms with Gasteiger partial charge in [0.05, 0.1) is 12.7 Å². The minimum Gasteiger partial charge on any atom is -0.465 e. The summed E-state index contributed by atoms with van der Waals surface area (Å²) in [6.07, 6.45) is -2.22. The van der Waals surface area contributed by atoms with Gasteiger partial charge in [0.2, 0.25) is 6.29 Å². The Balaban J connectivity index is 1.83. The summed E-state index contributed by atoms with van der Waals surface area (Å²) < 4.78 is 16.1. The standard InChI is InChI=1S/C15H16O6/c1-8-4-14(18)21-13-5-9(2-3-10(8)13)20-15-6-11(16)12(17)7-19-15/h2-5,11-12,15-17H,6-7H2,1H3/t11?,12?,15-/m1/s1. The Morgan fingerprint density at radius 1 is 1.24 bits per heavy atom. The Bertz CT molecular complexity index is 707. The molecule has 0 radical (unpaired) electrons. The number of hydrogen-bond acceptors (Lipinski definition) is 6. The fourth-order valence-electron chi connectivity index (χ4n) is 2.35. The van der Waals surface area contributed by atoms with Crippen LogP contribution in [0.4, 0.5) is 0 Å². The van der Waals surface area contributed by atoms with Crippen molar-refractivity contribution in [2.75, 3.05) is 6.61 Å². The van der Waals surface area contributed by atoms with Crippen molar-refractivity contribution in [3.8, 4) is 5.75 Å². The van der Waals surface area contributed by atoms with Crippen molar-refractivity contribution >= 4 is 11.0 Å². The molecule has 2 aromatic rings. The summed E-state index contributed by atoms with van der Waals surface area (Å²) in [7, 11) is 0. The SMILES string of the molecule is Cc1cc(=O)oc2cc(O[C@@H]3CC(O)C(O)CO3)ccc12. The van der Waals surface area contributed by atoms with Crippen LogP contribution in [0, 0.1) is 6.92 Å². The van der Waals surface area contributed by atoms with Crippen molar-refractivity contribution < 1.29 is 24.1 Å². The molecule has 1 aliphatic heterocycles. The molecule has 2 unspecified atom stereocenters. The largest absolute Gasteiger partial charge is 0.465 e. The first-order valence-electron chi connectivity index (χ1n) is 6.72. The number of hydrogen-bond donors (Lipinski definition) is 2. The molecule has 112 valence electrons. The van der Waals surface area contributed by atoms with Crippen LogP contribution >= 0.6 is 0 Å². The zero-order valence-electron chi connectivity index (χ0n) is 11.5. The molecule has 1 aromatic carbocycles. The van der Waals surface area contributed by atoms with E-state index in [9.17, 15) is 15.0 Å². The van der Waals surface area contributed by atoms with Gasteiger partial charge in [-0.25, -0.2) is 4.79 Å². The minimum absolute atomic E-state index is 0.0214. The monoisotopic (exact) mass is 292 g/mol. The van der Waals surface area contributed by atoms with E-state index in [2.05, 4.69) is 0 Å². The van der Waals surface area contributed by atoms with Crippen molar-refractivity contribution in [2.24, 2.45) is 0 Å². The summed E-state index contributed by atoms with van der Waals surface area (Å²) in [6.45, 7) is 1.86. The molecule has 3 rings (SSSR count). The van der Waals surface area contributed by atoms with Gasteiger partial charge in [-0.15, -0.1) is 0 Å². The number of aryl methyl sites for hydroxylation is 1. The molecule has 1 fully saturated rings. The normalized spacial score (nSPS) is 26.0. The lowest BCUT2D eigenvalue weighted by Crippen LogP contribution is -2.43. The lowest BCUT2D eigenvalue weighted by Gasteiger charge is -2.30. The van der Waals surface area contributed by atoms with Gasteiger partial charge in [-0.2, -0.15) is 0 Å². The first kappa shape index (κ1) is 14.1. The van der Waals surface area contributed by atoms with Gasteiger partial charge in [-0.1, -0.05) is 0 Å². The summed E-state index contributed by atoms with van der Waals surface area (Å²) in [5.41, 5.74) is 0.860. The van der Waals surface area contributed by atoms with Gasteiger partial charge in [0.15, 0.2) is 0 Å². The second kappa shape index (κ2) is 5.48. The summed E-state index contributed by atoms with van der Waals surface area (Å²) >= 11 is 0. The zero-order valence-corrected chi connectivity index (χ0v) is 11.5. The van der Waals surface area contributed by atoms with Crippen LogP contribution in [-0.2, 0) is 4.74 Å². The Morgan fingerprint density at radius 2 is 2.05 bits per heavy atom. The second-order valence-electron chi connectivity index (χ2n) is 5.16. The van der Waals surface area contributed by atoms with Gasteiger partial charge >= 0.3 is 5.63 Å². The summed E-state index contributed by atoms with van der Waals surface area (Å²) in [5.74, 6) is 0.477. The summed E-state index contributed by atoms with van der Waals surface area (Å²) in [6, 6.07) is 6.60. The predicted octanol–water partition coefficient (Wildman–Crippen LogP) is 0.948. The van der Waals surface area contributed by atoms with E-state index in [0.717, 1.165) is 10.9 Å². The predicted molar refractivity (Wildman–Crippen MR) is 74.2 cm³/mol. The minimum atomic E-state index is -0.887. The first-order chi connectivity index (χ1) is 10.0. The van der Waals surface area contributed by atoms with Crippen molar-refractivity contribution in [3.63, 3.8) is 0 Å².